The maximum Gasteiger partial charge on any atom is 0.323 e. The van der Waals surface area contributed by atoms with Gasteiger partial charge in [-0.1, -0.05) is 6.42 Å². The van der Waals surface area contributed by atoms with E-state index in [1.165, 1.54) is 30.7 Å². The summed E-state index contributed by atoms with van der Waals surface area (Å²) >= 11 is 5.10. The molecule has 0 aromatic carbocycles. The second kappa shape index (κ2) is 10.7. The van der Waals surface area contributed by atoms with Crippen LogP contribution in [0.3, 0.4) is 0 Å². The molecule has 1 saturated heterocycles. The molecule has 1 aliphatic carbocycles. The molecule has 2 heterocycles. The summed E-state index contributed by atoms with van der Waals surface area (Å²) in [6.45, 7) is 2.59. The predicted octanol–water partition coefficient (Wildman–Crippen LogP) is 1.18. The minimum absolute atomic E-state index is 0.0112. The largest absolute Gasteiger partial charge is 0.461 e. The Hall–Kier alpha value is -1.40. The molecular weight excluding hydrogens is 461 g/mol. The summed E-state index contributed by atoms with van der Waals surface area (Å²) in [5.74, 6) is -0.494. The Morgan fingerprint density at radius 1 is 1.47 bits per heavy atom. The van der Waals surface area contributed by atoms with E-state index < -0.39 is 49.8 Å². The summed E-state index contributed by atoms with van der Waals surface area (Å²) in [5.41, 5.74) is -2.17. The molecule has 1 saturated carbocycles. The standard InChI is InChI=1S/C19H30N3O8PS/c1-11(16(25)29-12-6-4-3-5-7-12)21-31(27)28-10-13-15(24)19(2,26)17(30-13)22-9-8-14(23)20-18(22)32/h8-9,11-13,15,17,24,26,31H,3-7,10H2,1-2H3,(H,21,27)(H,20,23,32)/t11-,13+,15?,17+,19+/m0/s1. The monoisotopic (exact) mass is 491 g/mol. The molecular formula is C19H30N3O8PS. The molecule has 11 nitrogen and oxygen atoms in total. The average molecular weight is 492 g/mol. The van der Waals surface area contributed by atoms with Gasteiger partial charge < -0.3 is 24.2 Å². The van der Waals surface area contributed by atoms with Crippen LogP contribution in [-0.4, -0.2) is 62.3 Å². The number of aliphatic hydroxyl groups excluding tert-OH is 1. The Morgan fingerprint density at radius 2 is 2.16 bits per heavy atom. The van der Waals surface area contributed by atoms with Gasteiger partial charge in [0.05, 0.1) is 6.61 Å². The van der Waals surface area contributed by atoms with Crippen molar-refractivity contribution in [1.82, 2.24) is 14.6 Å². The van der Waals surface area contributed by atoms with Gasteiger partial charge in [0.25, 0.3) is 13.7 Å². The first-order valence-corrected chi connectivity index (χ1v) is 12.3. The Morgan fingerprint density at radius 3 is 2.81 bits per heavy atom. The normalized spacial score (nSPS) is 30.7. The van der Waals surface area contributed by atoms with E-state index in [2.05, 4.69) is 10.1 Å². The van der Waals surface area contributed by atoms with Gasteiger partial charge in [0.15, 0.2) is 11.0 Å². The average Bonchev–Trinajstić information content (AvgIpc) is 2.96. The fraction of sp³-hybridized carbons (Fsp3) is 0.737. The number of carbonyl (C=O) groups excluding carboxylic acids is 1. The minimum atomic E-state index is -2.86. The molecule has 32 heavy (non-hydrogen) atoms. The van der Waals surface area contributed by atoms with E-state index in [4.69, 9.17) is 26.2 Å². The van der Waals surface area contributed by atoms with Crippen molar-refractivity contribution in [3.8, 4) is 0 Å². The van der Waals surface area contributed by atoms with Crippen LogP contribution >= 0.6 is 20.4 Å². The van der Waals surface area contributed by atoms with Gasteiger partial charge in [0.2, 0.25) is 0 Å². The number of aromatic nitrogens is 2. The van der Waals surface area contributed by atoms with Gasteiger partial charge in [-0.3, -0.25) is 23.7 Å². The SMILES string of the molecule is C[C@H](N[PH](=O)OC[C@H]1O[C@@H](n2ccc(=O)[nH]c2=S)[C@](C)(O)C1O)C(=O)OC1CCCCC1. The maximum atomic E-state index is 12.3. The first-order chi connectivity index (χ1) is 15.1. The first-order valence-electron chi connectivity index (χ1n) is 10.6. The van der Waals surface area contributed by atoms with Gasteiger partial charge in [-0.05, 0) is 51.7 Å². The van der Waals surface area contributed by atoms with Crippen molar-refractivity contribution in [1.29, 1.82) is 0 Å². The molecule has 3 rings (SSSR count). The quantitative estimate of drug-likeness (QED) is 0.237. The smallest absolute Gasteiger partial charge is 0.323 e. The van der Waals surface area contributed by atoms with Crippen LogP contribution in [0.4, 0.5) is 0 Å². The second-order valence-corrected chi connectivity index (χ2v) is 9.92. The molecule has 0 bridgehead atoms. The summed E-state index contributed by atoms with van der Waals surface area (Å²) < 4.78 is 30.0. The molecule has 0 amide bonds. The minimum Gasteiger partial charge on any atom is -0.461 e. The molecule has 4 N–H and O–H groups in total. The Kier molecular flexibility index (Phi) is 8.42. The molecule has 180 valence electrons. The number of carbonyl (C=O) groups is 1. The van der Waals surface area contributed by atoms with E-state index in [0.29, 0.717) is 0 Å². The second-order valence-electron chi connectivity index (χ2n) is 8.38. The summed E-state index contributed by atoms with van der Waals surface area (Å²) in [6.07, 6.45) is 2.59. The van der Waals surface area contributed by atoms with E-state index in [0.717, 1.165) is 32.1 Å². The number of H-pyrrole nitrogens is 1. The van der Waals surface area contributed by atoms with Gasteiger partial charge in [0, 0.05) is 12.3 Å². The van der Waals surface area contributed by atoms with Crippen LogP contribution in [0, 0.1) is 4.77 Å². The highest BCUT2D eigenvalue weighted by molar-refractivity contribution is 7.71. The molecule has 0 radical (unpaired) electrons. The van der Waals surface area contributed by atoms with Gasteiger partial charge >= 0.3 is 5.97 Å². The van der Waals surface area contributed by atoms with Crippen LogP contribution in [0.1, 0.15) is 52.2 Å². The lowest BCUT2D eigenvalue weighted by atomic mass is 9.96. The van der Waals surface area contributed by atoms with Gasteiger partial charge in [-0.2, -0.15) is 0 Å². The molecule has 1 aliphatic heterocycles. The molecule has 2 fully saturated rings. The van der Waals surface area contributed by atoms with E-state index >= 15 is 0 Å². The zero-order chi connectivity index (χ0) is 23.5. The lowest BCUT2D eigenvalue weighted by Crippen LogP contribution is -2.44. The zero-order valence-corrected chi connectivity index (χ0v) is 19.8. The Labute approximate surface area is 191 Å². The molecule has 2 unspecified atom stereocenters. The van der Waals surface area contributed by atoms with E-state index in [9.17, 15) is 24.4 Å². The highest BCUT2D eigenvalue weighted by Gasteiger charge is 2.53. The molecule has 1 aromatic rings. The van der Waals surface area contributed by atoms with Crippen LogP contribution in [0.25, 0.3) is 0 Å². The zero-order valence-electron chi connectivity index (χ0n) is 18.0. The van der Waals surface area contributed by atoms with E-state index in [-0.39, 0.29) is 17.5 Å². The third kappa shape index (κ3) is 5.93. The van der Waals surface area contributed by atoms with Crippen molar-refractivity contribution >= 4 is 26.4 Å². The summed E-state index contributed by atoms with van der Waals surface area (Å²) in [4.78, 5) is 26.0. The highest BCUT2D eigenvalue weighted by Crippen LogP contribution is 2.39. The van der Waals surface area contributed by atoms with Crippen molar-refractivity contribution in [3.05, 3.63) is 27.4 Å². The Balaban J connectivity index is 1.53. The van der Waals surface area contributed by atoms with Crippen LogP contribution in [0.2, 0.25) is 0 Å². The van der Waals surface area contributed by atoms with Crippen LogP contribution in [0.15, 0.2) is 17.1 Å². The summed E-state index contributed by atoms with van der Waals surface area (Å²) in [7, 11) is -2.86. The molecule has 6 atom stereocenters. The molecule has 13 heteroatoms. The number of ether oxygens (including phenoxy) is 2. The van der Waals surface area contributed by atoms with Gasteiger partial charge in [-0.25, -0.2) is 5.09 Å². The lowest BCUT2D eigenvalue weighted by Gasteiger charge is -2.27. The molecule has 1 aromatic heterocycles. The van der Waals surface area contributed by atoms with Gasteiger partial charge in [-0.15, -0.1) is 0 Å². The van der Waals surface area contributed by atoms with Crippen LogP contribution in [-0.2, 0) is 23.4 Å². The van der Waals surface area contributed by atoms with Crippen molar-refractivity contribution < 1.29 is 33.6 Å². The number of hydrogen-bond donors (Lipinski definition) is 4. The third-order valence-electron chi connectivity index (χ3n) is 5.76. The number of aromatic amines is 1. The lowest BCUT2D eigenvalue weighted by molar-refractivity contribution is -0.152. The number of rotatable bonds is 8. The Bertz CT molecular complexity index is 945. The summed E-state index contributed by atoms with van der Waals surface area (Å²) in [5, 5.41) is 23.8. The summed E-state index contributed by atoms with van der Waals surface area (Å²) in [6, 6.07) is 0.384. The van der Waals surface area contributed by atoms with Crippen LogP contribution in [0.5, 0.6) is 0 Å². The topological polar surface area (TPSA) is 152 Å². The fourth-order valence-corrected chi connectivity index (χ4v) is 5.00. The maximum absolute atomic E-state index is 12.3. The molecule has 0 spiro atoms. The van der Waals surface area contributed by atoms with Crippen molar-refractivity contribution in [2.45, 2.75) is 82.1 Å². The number of aliphatic hydroxyl groups is 2. The number of nitrogens with one attached hydrogen (secondary N) is 2. The predicted molar refractivity (Wildman–Crippen MR) is 117 cm³/mol. The van der Waals surface area contributed by atoms with E-state index in [1.54, 1.807) is 0 Å². The van der Waals surface area contributed by atoms with Crippen molar-refractivity contribution in [2.24, 2.45) is 0 Å². The molecule has 2 aliphatic rings. The first kappa shape index (κ1) is 25.2. The van der Waals surface area contributed by atoms with Crippen molar-refractivity contribution in [2.75, 3.05) is 6.61 Å². The highest BCUT2D eigenvalue weighted by atomic mass is 32.1. The van der Waals surface area contributed by atoms with E-state index in [1.807, 2.05) is 0 Å². The third-order valence-corrected chi connectivity index (χ3v) is 7.17. The number of nitrogens with zero attached hydrogens (tertiary/aromatic N) is 1. The van der Waals surface area contributed by atoms with Crippen molar-refractivity contribution in [3.63, 3.8) is 0 Å². The fourth-order valence-electron chi connectivity index (χ4n) is 3.87. The van der Waals surface area contributed by atoms with Crippen LogP contribution < -0.4 is 10.6 Å². The van der Waals surface area contributed by atoms with Gasteiger partial charge in [0.1, 0.15) is 30.0 Å². The number of hydrogen-bond acceptors (Lipinski definition) is 9. The number of esters is 1.